The molecule has 0 aromatic heterocycles. The van der Waals surface area contributed by atoms with Gasteiger partial charge < -0.3 is 9.47 Å². The van der Waals surface area contributed by atoms with Gasteiger partial charge in [0, 0.05) is 16.5 Å². The summed E-state index contributed by atoms with van der Waals surface area (Å²) in [5.74, 6) is -0.195. The highest BCUT2D eigenvalue weighted by molar-refractivity contribution is 9.10. The Hall–Kier alpha value is -2.65. The third-order valence-electron chi connectivity index (χ3n) is 3.33. The number of hydrogen-bond acceptors (Lipinski definition) is 5. The van der Waals surface area contributed by atoms with Gasteiger partial charge in [-0.05, 0) is 30.7 Å². The number of hydrogen-bond donors (Lipinski definition) is 0. The third-order valence-corrected chi connectivity index (χ3v) is 3.86. The molecule has 6 heteroatoms. The Kier molecular flexibility index (Phi) is 7.17. The minimum absolute atomic E-state index is 0.00254. The predicted molar refractivity (Wildman–Crippen MR) is 95.3 cm³/mol. The SMILES string of the molecule is N#Cc1ccccc1OCC(=O)OCCCC(=O)c1ccc(Br)cc1. The molecule has 0 heterocycles. The summed E-state index contributed by atoms with van der Waals surface area (Å²) in [5, 5.41) is 8.94. The van der Waals surface area contributed by atoms with Crippen LogP contribution in [0.15, 0.2) is 53.0 Å². The lowest BCUT2D eigenvalue weighted by atomic mass is 10.1. The highest BCUT2D eigenvalue weighted by Gasteiger charge is 2.09. The van der Waals surface area contributed by atoms with E-state index in [0.29, 0.717) is 29.7 Å². The summed E-state index contributed by atoms with van der Waals surface area (Å²) in [5.41, 5.74) is 0.987. The maximum absolute atomic E-state index is 12.0. The molecule has 128 valence electrons. The Bertz CT molecular complexity index is 781. The van der Waals surface area contributed by atoms with Crippen molar-refractivity contribution < 1.29 is 19.1 Å². The zero-order chi connectivity index (χ0) is 18.1. The van der Waals surface area contributed by atoms with Crippen LogP contribution in [-0.4, -0.2) is 25.0 Å². The van der Waals surface area contributed by atoms with Crippen LogP contribution in [0.25, 0.3) is 0 Å². The number of Topliss-reactive ketones (excluding diaryl/α,β-unsaturated/α-hetero) is 1. The van der Waals surface area contributed by atoms with Crippen LogP contribution in [-0.2, 0) is 9.53 Å². The molecule has 0 fully saturated rings. The number of ether oxygens (including phenoxy) is 2. The van der Waals surface area contributed by atoms with Crippen molar-refractivity contribution in [3.05, 3.63) is 64.1 Å². The average Bonchev–Trinajstić information content (AvgIpc) is 2.64. The number of nitrogens with zero attached hydrogens (tertiary/aromatic N) is 1. The first kappa shape index (κ1) is 18.7. The van der Waals surface area contributed by atoms with Crippen LogP contribution in [0.5, 0.6) is 5.75 Å². The second kappa shape index (κ2) is 9.60. The molecule has 0 aliphatic rings. The van der Waals surface area contributed by atoms with Crippen molar-refractivity contribution in [2.45, 2.75) is 12.8 Å². The molecule has 0 radical (unpaired) electrons. The lowest BCUT2D eigenvalue weighted by Crippen LogP contribution is -2.16. The fraction of sp³-hybridized carbons (Fsp3) is 0.211. The normalized spacial score (nSPS) is 9.92. The lowest BCUT2D eigenvalue weighted by molar-refractivity contribution is -0.146. The minimum Gasteiger partial charge on any atom is -0.481 e. The first-order chi connectivity index (χ1) is 12.1. The molecule has 0 saturated heterocycles. The van der Waals surface area contributed by atoms with E-state index in [1.807, 2.05) is 18.2 Å². The van der Waals surface area contributed by atoms with E-state index < -0.39 is 5.97 Å². The summed E-state index contributed by atoms with van der Waals surface area (Å²) in [7, 11) is 0. The Balaban J connectivity index is 1.68. The molecule has 0 amide bonds. The van der Waals surface area contributed by atoms with E-state index in [9.17, 15) is 9.59 Å². The first-order valence-corrected chi connectivity index (χ1v) is 8.46. The number of ketones is 1. The predicted octanol–water partition coefficient (Wildman–Crippen LogP) is 3.91. The maximum Gasteiger partial charge on any atom is 0.344 e. The number of carbonyl (C=O) groups is 2. The van der Waals surface area contributed by atoms with Crippen LogP contribution in [0.4, 0.5) is 0 Å². The fourth-order valence-corrected chi connectivity index (χ4v) is 2.33. The zero-order valence-corrected chi connectivity index (χ0v) is 15.0. The van der Waals surface area contributed by atoms with Crippen LogP contribution in [0, 0.1) is 11.3 Å². The Morgan fingerprint density at radius 1 is 1.08 bits per heavy atom. The second-order valence-electron chi connectivity index (χ2n) is 5.15. The highest BCUT2D eigenvalue weighted by atomic mass is 79.9. The van der Waals surface area contributed by atoms with Gasteiger partial charge in [0.15, 0.2) is 12.4 Å². The molecule has 0 aliphatic heterocycles. The standard InChI is InChI=1S/C19H16BrNO4/c20-16-9-7-14(8-10-16)17(22)5-3-11-24-19(23)13-25-18-6-2-1-4-15(18)12-21/h1-2,4,6-10H,3,5,11,13H2. The largest absolute Gasteiger partial charge is 0.481 e. The van der Waals surface area contributed by atoms with E-state index in [1.165, 1.54) is 0 Å². The number of carbonyl (C=O) groups excluding carboxylic acids is 2. The van der Waals surface area contributed by atoms with Crippen molar-refractivity contribution in [2.24, 2.45) is 0 Å². The number of benzene rings is 2. The molecular formula is C19H16BrNO4. The van der Waals surface area contributed by atoms with E-state index >= 15 is 0 Å². The molecule has 0 atom stereocenters. The number of halogens is 1. The Morgan fingerprint density at radius 2 is 1.80 bits per heavy atom. The number of para-hydroxylation sites is 1. The van der Waals surface area contributed by atoms with Crippen molar-refractivity contribution in [1.82, 2.24) is 0 Å². The summed E-state index contributed by atoms with van der Waals surface area (Å²) < 4.78 is 11.2. The molecule has 0 unspecified atom stereocenters. The van der Waals surface area contributed by atoms with Crippen LogP contribution < -0.4 is 4.74 Å². The van der Waals surface area contributed by atoms with Crippen LogP contribution in [0.1, 0.15) is 28.8 Å². The molecule has 0 saturated carbocycles. The summed E-state index contributed by atoms with van der Waals surface area (Å²) in [6.07, 6.45) is 0.739. The summed E-state index contributed by atoms with van der Waals surface area (Å²) in [4.78, 5) is 23.6. The highest BCUT2D eigenvalue weighted by Crippen LogP contribution is 2.16. The molecule has 25 heavy (non-hydrogen) atoms. The van der Waals surface area contributed by atoms with Crippen LogP contribution in [0.3, 0.4) is 0 Å². The Morgan fingerprint density at radius 3 is 2.52 bits per heavy atom. The quantitative estimate of drug-likeness (QED) is 0.380. The second-order valence-corrected chi connectivity index (χ2v) is 6.07. The minimum atomic E-state index is -0.538. The van der Waals surface area contributed by atoms with Gasteiger partial charge in [0.05, 0.1) is 12.2 Å². The van der Waals surface area contributed by atoms with Gasteiger partial charge in [-0.2, -0.15) is 5.26 Å². The number of nitriles is 1. The fourth-order valence-electron chi connectivity index (χ4n) is 2.06. The molecule has 0 N–H and O–H groups in total. The molecule has 2 aromatic carbocycles. The van der Waals surface area contributed by atoms with Gasteiger partial charge in [-0.1, -0.05) is 40.2 Å². The maximum atomic E-state index is 12.0. The third kappa shape index (κ3) is 6.05. The van der Waals surface area contributed by atoms with Crippen molar-refractivity contribution in [3.63, 3.8) is 0 Å². The van der Waals surface area contributed by atoms with Gasteiger partial charge in [-0.3, -0.25) is 4.79 Å². The van der Waals surface area contributed by atoms with Gasteiger partial charge in [-0.15, -0.1) is 0 Å². The Labute approximate surface area is 154 Å². The lowest BCUT2D eigenvalue weighted by Gasteiger charge is -2.08. The van der Waals surface area contributed by atoms with Gasteiger partial charge >= 0.3 is 5.97 Å². The van der Waals surface area contributed by atoms with Crippen molar-refractivity contribution >= 4 is 27.7 Å². The van der Waals surface area contributed by atoms with Crippen LogP contribution >= 0.6 is 15.9 Å². The summed E-state index contributed by atoms with van der Waals surface area (Å²) >= 11 is 3.32. The average molecular weight is 402 g/mol. The number of esters is 1. The molecule has 0 bridgehead atoms. The van der Waals surface area contributed by atoms with Crippen molar-refractivity contribution in [1.29, 1.82) is 5.26 Å². The smallest absolute Gasteiger partial charge is 0.344 e. The number of rotatable bonds is 8. The van der Waals surface area contributed by atoms with Crippen LogP contribution in [0.2, 0.25) is 0 Å². The molecule has 2 aromatic rings. The molecule has 5 nitrogen and oxygen atoms in total. The van der Waals surface area contributed by atoms with Gasteiger partial charge in [0.25, 0.3) is 0 Å². The van der Waals surface area contributed by atoms with Crippen molar-refractivity contribution in [3.8, 4) is 11.8 Å². The van der Waals surface area contributed by atoms with Crippen molar-refractivity contribution in [2.75, 3.05) is 13.2 Å². The van der Waals surface area contributed by atoms with E-state index in [4.69, 9.17) is 14.7 Å². The van der Waals surface area contributed by atoms with E-state index in [0.717, 1.165) is 4.47 Å². The molecule has 2 rings (SSSR count). The topological polar surface area (TPSA) is 76.4 Å². The van der Waals surface area contributed by atoms with E-state index in [2.05, 4.69) is 15.9 Å². The zero-order valence-electron chi connectivity index (χ0n) is 13.4. The molecule has 0 spiro atoms. The summed E-state index contributed by atoms with van der Waals surface area (Å²) in [6, 6.07) is 15.8. The monoisotopic (exact) mass is 401 g/mol. The molecular weight excluding hydrogens is 386 g/mol. The van der Waals surface area contributed by atoms with Gasteiger partial charge in [0.2, 0.25) is 0 Å². The van der Waals surface area contributed by atoms with Gasteiger partial charge in [-0.25, -0.2) is 4.79 Å². The van der Waals surface area contributed by atoms with E-state index in [-0.39, 0.29) is 19.0 Å². The molecule has 0 aliphatic carbocycles. The van der Waals surface area contributed by atoms with E-state index in [1.54, 1.807) is 36.4 Å². The van der Waals surface area contributed by atoms with Gasteiger partial charge in [0.1, 0.15) is 11.8 Å². The summed E-state index contributed by atoms with van der Waals surface area (Å²) in [6.45, 7) is -0.135. The first-order valence-electron chi connectivity index (χ1n) is 7.66.